The monoisotopic (exact) mass is 340 g/mol. The van der Waals surface area contributed by atoms with Crippen molar-refractivity contribution >= 4 is 17.7 Å². The standard InChI is InChI=1S/C21H28N2O2/c1-2-5-14-8-9-18-17(12-14)20-16(19(13-24)22-18)10-11-23(20)21(25)15-6-3-4-7-15/h2,5,8-9,12,15-16,19-20,22,24H,3-4,6-7,10-11,13H2,1H3/t16-,19-,20-/m1/s1. The van der Waals surface area contributed by atoms with Gasteiger partial charge in [0, 0.05) is 24.1 Å². The van der Waals surface area contributed by atoms with Crippen LogP contribution in [0.15, 0.2) is 24.3 Å². The van der Waals surface area contributed by atoms with E-state index in [0.717, 1.165) is 31.5 Å². The number of hydrogen-bond donors (Lipinski definition) is 2. The van der Waals surface area contributed by atoms with Gasteiger partial charge in [0.25, 0.3) is 0 Å². The van der Waals surface area contributed by atoms with E-state index in [1.807, 2.05) is 13.0 Å². The molecular weight excluding hydrogens is 312 g/mol. The van der Waals surface area contributed by atoms with Crippen LogP contribution in [-0.4, -0.2) is 35.1 Å². The van der Waals surface area contributed by atoms with E-state index in [0.29, 0.717) is 11.8 Å². The molecule has 0 radical (unpaired) electrons. The number of nitrogens with zero attached hydrogens (tertiary/aromatic N) is 1. The number of allylic oxidation sites excluding steroid dienone is 1. The zero-order valence-electron chi connectivity index (χ0n) is 14.9. The maximum atomic E-state index is 13.1. The van der Waals surface area contributed by atoms with Crippen LogP contribution < -0.4 is 5.32 Å². The maximum absolute atomic E-state index is 13.1. The molecule has 2 heterocycles. The van der Waals surface area contributed by atoms with Gasteiger partial charge in [-0.1, -0.05) is 31.1 Å². The van der Waals surface area contributed by atoms with Crippen LogP contribution in [0.25, 0.3) is 6.08 Å². The van der Waals surface area contributed by atoms with Gasteiger partial charge in [-0.15, -0.1) is 0 Å². The molecule has 1 aromatic rings. The summed E-state index contributed by atoms with van der Waals surface area (Å²) in [7, 11) is 0. The fourth-order valence-corrected chi connectivity index (χ4v) is 5.03. The Morgan fingerprint density at radius 2 is 2.12 bits per heavy atom. The van der Waals surface area contributed by atoms with E-state index in [-0.39, 0.29) is 24.6 Å². The van der Waals surface area contributed by atoms with Crippen molar-refractivity contribution in [3.05, 3.63) is 35.4 Å². The molecule has 0 bridgehead atoms. The first-order valence-corrected chi connectivity index (χ1v) is 9.67. The van der Waals surface area contributed by atoms with Gasteiger partial charge in [0.05, 0.1) is 18.7 Å². The number of amides is 1. The van der Waals surface area contributed by atoms with Gasteiger partial charge < -0.3 is 15.3 Å². The van der Waals surface area contributed by atoms with Crippen molar-refractivity contribution in [3.8, 4) is 0 Å². The molecule has 1 amide bonds. The highest BCUT2D eigenvalue weighted by Gasteiger charge is 2.46. The third kappa shape index (κ3) is 2.86. The highest BCUT2D eigenvalue weighted by molar-refractivity contribution is 5.81. The normalized spacial score (nSPS) is 28.9. The smallest absolute Gasteiger partial charge is 0.226 e. The Morgan fingerprint density at radius 3 is 2.84 bits per heavy atom. The zero-order valence-corrected chi connectivity index (χ0v) is 14.9. The number of rotatable bonds is 3. The maximum Gasteiger partial charge on any atom is 0.226 e. The van der Waals surface area contributed by atoms with Gasteiger partial charge in [0.1, 0.15) is 0 Å². The second kappa shape index (κ2) is 6.83. The van der Waals surface area contributed by atoms with Gasteiger partial charge in [-0.3, -0.25) is 4.79 Å². The number of aliphatic hydroxyl groups is 1. The first-order valence-electron chi connectivity index (χ1n) is 9.67. The highest BCUT2D eigenvalue weighted by atomic mass is 16.3. The van der Waals surface area contributed by atoms with Crippen LogP contribution in [0.1, 0.15) is 56.2 Å². The molecule has 4 nitrogen and oxygen atoms in total. The van der Waals surface area contributed by atoms with E-state index in [1.54, 1.807) is 0 Å². The van der Waals surface area contributed by atoms with E-state index in [4.69, 9.17) is 0 Å². The largest absolute Gasteiger partial charge is 0.394 e. The van der Waals surface area contributed by atoms with Crippen molar-refractivity contribution in [2.75, 3.05) is 18.5 Å². The van der Waals surface area contributed by atoms with Gasteiger partial charge in [0.15, 0.2) is 0 Å². The Morgan fingerprint density at radius 1 is 1.32 bits per heavy atom. The lowest BCUT2D eigenvalue weighted by molar-refractivity contribution is -0.136. The summed E-state index contributed by atoms with van der Waals surface area (Å²) in [4.78, 5) is 15.3. The second-order valence-corrected chi connectivity index (χ2v) is 7.69. The Kier molecular flexibility index (Phi) is 4.55. The number of aliphatic hydroxyl groups excluding tert-OH is 1. The van der Waals surface area contributed by atoms with Crippen molar-refractivity contribution in [2.45, 2.75) is 51.1 Å². The molecular formula is C21H28N2O2. The molecule has 3 aliphatic rings. The van der Waals surface area contributed by atoms with E-state index < -0.39 is 0 Å². The van der Waals surface area contributed by atoms with Crippen LogP contribution in [0.5, 0.6) is 0 Å². The SMILES string of the molecule is CC=Cc1ccc2c(c1)[C@H]1[C@H](CCN1C(=O)C1CCCC1)[C@@H](CO)N2. The van der Waals surface area contributed by atoms with Crippen LogP contribution in [-0.2, 0) is 4.79 Å². The first-order chi connectivity index (χ1) is 12.2. The van der Waals surface area contributed by atoms with Crippen LogP contribution in [0.2, 0.25) is 0 Å². The van der Waals surface area contributed by atoms with Gasteiger partial charge in [-0.25, -0.2) is 0 Å². The number of nitrogens with one attached hydrogen (secondary N) is 1. The molecule has 0 unspecified atom stereocenters. The van der Waals surface area contributed by atoms with Crippen molar-refractivity contribution < 1.29 is 9.90 Å². The van der Waals surface area contributed by atoms with Gasteiger partial charge >= 0.3 is 0 Å². The van der Waals surface area contributed by atoms with Crippen molar-refractivity contribution in [2.24, 2.45) is 11.8 Å². The molecule has 1 saturated heterocycles. The van der Waals surface area contributed by atoms with Crippen LogP contribution in [0.4, 0.5) is 5.69 Å². The number of hydrogen-bond acceptors (Lipinski definition) is 3. The van der Waals surface area contributed by atoms with Gasteiger partial charge in [-0.2, -0.15) is 0 Å². The topological polar surface area (TPSA) is 52.6 Å². The average Bonchev–Trinajstić information content (AvgIpc) is 3.31. The first kappa shape index (κ1) is 16.6. The Balaban J connectivity index is 1.71. The lowest BCUT2D eigenvalue weighted by Crippen LogP contribution is -2.44. The lowest BCUT2D eigenvalue weighted by Gasteiger charge is -2.40. The molecule has 4 rings (SSSR count). The van der Waals surface area contributed by atoms with Crippen molar-refractivity contribution in [1.29, 1.82) is 0 Å². The molecule has 1 saturated carbocycles. The number of likely N-dealkylation sites (tertiary alicyclic amines) is 1. The molecule has 2 N–H and O–H groups in total. The number of benzene rings is 1. The second-order valence-electron chi connectivity index (χ2n) is 7.69. The summed E-state index contributed by atoms with van der Waals surface area (Å²) in [5.74, 6) is 0.845. The van der Waals surface area contributed by atoms with E-state index in [1.165, 1.54) is 24.0 Å². The molecule has 25 heavy (non-hydrogen) atoms. The van der Waals surface area contributed by atoms with Crippen molar-refractivity contribution in [1.82, 2.24) is 4.90 Å². The van der Waals surface area contributed by atoms with Crippen molar-refractivity contribution in [3.63, 3.8) is 0 Å². The third-order valence-corrected chi connectivity index (χ3v) is 6.24. The number of fused-ring (bicyclic) bond motifs is 3. The van der Waals surface area contributed by atoms with Crippen LogP contribution in [0.3, 0.4) is 0 Å². The minimum atomic E-state index is 0.0337. The predicted molar refractivity (Wildman–Crippen MR) is 100 cm³/mol. The molecule has 0 aromatic heterocycles. The average molecular weight is 340 g/mol. The predicted octanol–water partition coefficient (Wildman–Crippen LogP) is 3.59. The van der Waals surface area contributed by atoms with E-state index in [2.05, 4.69) is 34.5 Å². The number of carbonyl (C=O) groups excluding carboxylic acids is 1. The van der Waals surface area contributed by atoms with Crippen LogP contribution >= 0.6 is 0 Å². The number of carbonyl (C=O) groups is 1. The van der Waals surface area contributed by atoms with Gasteiger partial charge in [-0.05, 0) is 49.4 Å². The van der Waals surface area contributed by atoms with E-state index in [9.17, 15) is 9.90 Å². The Hall–Kier alpha value is -1.81. The summed E-state index contributed by atoms with van der Waals surface area (Å²) in [6, 6.07) is 6.55. The molecule has 0 spiro atoms. The fraction of sp³-hybridized carbons (Fsp3) is 0.571. The summed E-state index contributed by atoms with van der Waals surface area (Å²) in [6.07, 6.45) is 9.56. The van der Waals surface area contributed by atoms with Crippen LogP contribution in [0, 0.1) is 11.8 Å². The quantitative estimate of drug-likeness (QED) is 0.884. The van der Waals surface area contributed by atoms with Gasteiger partial charge in [0.2, 0.25) is 5.91 Å². The molecule has 4 heteroatoms. The summed E-state index contributed by atoms with van der Waals surface area (Å²) >= 11 is 0. The molecule has 2 aliphatic heterocycles. The minimum absolute atomic E-state index is 0.0337. The molecule has 3 atom stereocenters. The highest BCUT2D eigenvalue weighted by Crippen LogP contribution is 2.47. The Labute approximate surface area is 149 Å². The minimum Gasteiger partial charge on any atom is -0.394 e. The molecule has 134 valence electrons. The fourth-order valence-electron chi connectivity index (χ4n) is 5.03. The summed E-state index contributed by atoms with van der Waals surface area (Å²) < 4.78 is 0. The Bertz CT molecular complexity index is 678. The van der Waals surface area contributed by atoms with E-state index >= 15 is 0 Å². The summed E-state index contributed by atoms with van der Waals surface area (Å²) in [6.45, 7) is 2.95. The zero-order chi connectivity index (χ0) is 17.4. The lowest BCUT2D eigenvalue weighted by atomic mass is 9.82. The molecule has 1 aliphatic carbocycles. The summed E-state index contributed by atoms with van der Waals surface area (Å²) in [5, 5.41) is 13.4. The molecule has 1 aromatic carbocycles. The number of anilines is 1. The summed E-state index contributed by atoms with van der Waals surface area (Å²) in [5.41, 5.74) is 3.46. The third-order valence-electron chi connectivity index (χ3n) is 6.24. The molecule has 2 fully saturated rings.